The number of carbonyl (C=O) groups is 3. The Labute approximate surface area is 256 Å². The number of likely N-dealkylation sites (N-methyl/N-ethyl adjacent to an activating group) is 1. The molecular formula is C33H64N3O6+. The number of hydrogen-bond donors (Lipinski definition) is 2. The van der Waals surface area contributed by atoms with E-state index >= 15 is 0 Å². The number of unbranched alkanes of at least 4 members (excludes halogenated alkanes) is 15. The quantitative estimate of drug-likeness (QED) is 0.0847. The van der Waals surface area contributed by atoms with Crippen molar-refractivity contribution in [2.45, 2.75) is 148 Å². The van der Waals surface area contributed by atoms with Crippen LogP contribution in [-0.4, -0.2) is 81.2 Å². The minimum absolute atomic E-state index is 0.00261. The van der Waals surface area contributed by atoms with E-state index in [1.165, 1.54) is 97.0 Å². The number of carbonyl (C=O) groups excluding carboxylic acids is 3. The smallest absolute Gasteiger partial charge is 0.407 e. The van der Waals surface area contributed by atoms with Crippen molar-refractivity contribution >= 4 is 18.1 Å². The van der Waals surface area contributed by atoms with Crippen LogP contribution in [0.1, 0.15) is 136 Å². The van der Waals surface area contributed by atoms with Gasteiger partial charge in [-0.1, -0.05) is 103 Å². The molecule has 0 aromatic heterocycles. The van der Waals surface area contributed by atoms with Gasteiger partial charge in [0.2, 0.25) is 0 Å². The number of hydrogen-bond acceptors (Lipinski definition) is 6. The van der Waals surface area contributed by atoms with Gasteiger partial charge in [0.1, 0.15) is 25.4 Å². The third kappa shape index (κ3) is 16.7. The Hall–Kier alpha value is -1.87. The monoisotopic (exact) mass is 598 g/mol. The highest BCUT2D eigenvalue weighted by atomic mass is 16.6. The Balaban J connectivity index is 1.98. The number of ether oxygens (including phenoxy) is 3. The summed E-state index contributed by atoms with van der Waals surface area (Å²) in [5, 5.41) is 5.57. The number of nitrogens with zero attached hydrogens (tertiary/aromatic N) is 1. The van der Waals surface area contributed by atoms with E-state index in [0.29, 0.717) is 17.6 Å². The lowest BCUT2D eigenvalue weighted by Gasteiger charge is -2.35. The average molecular weight is 599 g/mol. The van der Waals surface area contributed by atoms with E-state index in [1.807, 2.05) is 6.92 Å². The van der Waals surface area contributed by atoms with Crippen LogP contribution in [0.25, 0.3) is 0 Å². The minimum atomic E-state index is -0.561. The Kier molecular flexibility index (Phi) is 22.3. The number of likely N-dealkylation sites (tertiary alicyclic amines) is 1. The van der Waals surface area contributed by atoms with Gasteiger partial charge in [-0.2, -0.15) is 0 Å². The number of methoxy groups -OCH3 is 1. The second kappa shape index (κ2) is 24.6. The van der Waals surface area contributed by atoms with Gasteiger partial charge in [-0.15, -0.1) is 0 Å². The molecule has 42 heavy (non-hydrogen) atoms. The van der Waals surface area contributed by atoms with Crippen molar-refractivity contribution in [1.82, 2.24) is 10.6 Å². The molecule has 1 fully saturated rings. The van der Waals surface area contributed by atoms with E-state index in [1.54, 1.807) is 6.92 Å². The normalized spacial score (nSPS) is 18.9. The molecule has 0 aliphatic carbocycles. The molecule has 9 heteroatoms. The van der Waals surface area contributed by atoms with Gasteiger partial charge < -0.3 is 24.8 Å². The van der Waals surface area contributed by atoms with Crippen LogP contribution in [-0.2, 0) is 19.0 Å². The molecule has 0 aromatic rings. The van der Waals surface area contributed by atoms with Crippen molar-refractivity contribution in [3.05, 3.63) is 0 Å². The SMILES string of the molecule is CCCCCCCCCCCCCCCCCCNC(=O)OCC(COC(=O)NCC1CCC[N+]1(CC)C(C)=O)OC. The topological polar surface area (TPSA) is 103 Å². The Morgan fingerprint density at radius 1 is 0.738 bits per heavy atom. The standard InChI is InChI=1S/C33H63N3O6/c1-5-7-8-9-10-11-12-13-14-15-16-17-18-19-20-21-24-34-32(38)41-27-31(40-4)28-42-33(39)35-26-30-23-22-25-36(30,6-2)29(3)37/h30-31H,5-28H2,1-4H3,(H-,34,35,38,39)/p+1. The maximum absolute atomic E-state index is 12.2. The molecule has 2 N–H and O–H groups in total. The molecule has 1 aliphatic rings. The Morgan fingerprint density at radius 2 is 1.21 bits per heavy atom. The Bertz CT molecular complexity index is 722. The molecule has 3 unspecified atom stereocenters. The first-order valence-electron chi connectivity index (χ1n) is 17.1. The van der Waals surface area contributed by atoms with E-state index in [0.717, 1.165) is 38.8 Å². The van der Waals surface area contributed by atoms with E-state index in [4.69, 9.17) is 14.2 Å². The van der Waals surface area contributed by atoms with Crippen molar-refractivity contribution in [1.29, 1.82) is 0 Å². The van der Waals surface area contributed by atoms with Crippen molar-refractivity contribution in [3.8, 4) is 0 Å². The van der Waals surface area contributed by atoms with Gasteiger partial charge in [-0.05, 0) is 13.3 Å². The molecule has 0 spiro atoms. The lowest BCUT2D eigenvalue weighted by Crippen LogP contribution is -2.58. The highest BCUT2D eigenvalue weighted by molar-refractivity contribution is 5.68. The molecular weight excluding hydrogens is 534 g/mol. The molecule has 9 nitrogen and oxygen atoms in total. The molecule has 0 aromatic carbocycles. The molecule has 3 atom stereocenters. The molecule has 246 valence electrons. The molecule has 0 radical (unpaired) electrons. The lowest BCUT2D eigenvalue weighted by atomic mass is 10.0. The largest absolute Gasteiger partial charge is 0.447 e. The number of quaternary nitrogens is 1. The van der Waals surface area contributed by atoms with E-state index in [2.05, 4.69) is 17.6 Å². The van der Waals surface area contributed by atoms with Gasteiger partial charge in [0.15, 0.2) is 0 Å². The van der Waals surface area contributed by atoms with E-state index in [-0.39, 0.29) is 25.2 Å². The fraction of sp³-hybridized carbons (Fsp3) is 0.909. The van der Waals surface area contributed by atoms with Crippen LogP contribution in [0.2, 0.25) is 0 Å². The van der Waals surface area contributed by atoms with Gasteiger partial charge in [0.05, 0.1) is 26.6 Å². The summed E-state index contributed by atoms with van der Waals surface area (Å²) in [4.78, 5) is 36.4. The van der Waals surface area contributed by atoms with Crippen LogP contribution >= 0.6 is 0 Å². The van der Waals surface area contributed by atoms with Crippen molar-refractivity contribution in [2.75, 3.05) is 46.5 Å². The predicted molar refractivity (Wildman–Crippen MR) is 168 cm³/mol. The van der Waals surface area contributed by atoms with Crippen LogP contribution in [0.15, 0.2) is 0 Å². The van der Waals surface area contributed by atoms with Crippen LogP contribution in [0.4, 0.5) is 9.59 Å². The van der Waals surface area contributed by atoms with Crippen LogP contribution < -0.4 is 10.6 Å². The first-order chi connectivity index (χ1) is 20.4. The second-order valence-electron chi connectivity index (χ2n) is 12.1. The summed E-state index contributed by atoms with van der Waals surface area (Å²) in [5.41, 5.74) is 0. The fourth-order valence-electron chi connectivity index (χ4n) is 6.06. The fourth-order valence-corrected chi connectivity index (χ4v) is 6.06. The zero-order valence-corrected chi connectivity index (χ0v) is 27.5. The molecule has 1 aliphatic heterocycles. The van der Waals surface area contributed by atoms with Crippen LogP contribution in [0.5, 0.6) is 0 Å². The summed E-state index contributed by atoms with van der Waals surface area (Å²) in [6, 6.07) is 0.0691. The second-order valence-corrected chi connectivity index (χ2v) is 12.1. The first kappa shape index (κ1) is 38.2. The molecule has 1 rings (SSSR count). The highest BCUT2D eigenvalue weighted by Gasteiger charge is 2.44. The molecule has 1 heterocycles. The highest BCUT2D eigenvalue weighted by Crippen LogP contribution is 2.27. The molecule has 1 saturated heterocycles. The van der Waals surface area contributed by atoms with Crippen LogP contribution in [0, 0.1) is 0 Å². The maximum Gasteiger partial charge on any atom is 0.407 e. The van der Waals surface area contributed by atoms with Gasteiger partial charge in [0, 0.05) is 26.5 Å². The number of amides is 3. The zero-order valence-electron chi connectivity index (χ0n) is 27.5. The third-order valence-electron chi connectivity index (χ3n) is 8.90. The average Bonchev–Trinajstić information content (AvgIpc) is 3.42. The summed E-state index contributed by atoms with van der Waals surface area (Å²) in [6.45, 7) is 8.40. The number of nitrogens with one attached hydrogen (secondary N) is 2. The third-order valence-corrected chi connectivity index (χ3v) is 8.90. The summed E-state index contributed by atoms with van der Waals surface area (Å²) < 4.78 is 16.2. The van der Waals surface area contributed by atoms with Crippen molar-refractivity contribution in [3.63, 3.8) is 0 Å². The minimum Gasteiger partial charge on any atom is -0.447 e. The number of alkyl carbamates (subject to hydrolysis) is 2. The van der Waals surface area contributed by atoms with Crippen molar-refractivity contribution in [2.24, 2.45) is 0 Å². The van der Waals surface area contributed by atoms with Gasteiger partial charge in [-0.3, -0.25) is 4.48 Å². The predicted octanol–water partition coefficient (Wildman–Crippen LogP) is 7.26. The summed E-state index contributed by atoms with van der Waals surface area (Å²) in [5.74, 6) is 0.139. The van der Waals surface area contributed by atoms with Crippen LogP contribution in [0.3, 0.4) is 0 Å². The Morgan fingerprint density at radius 3 is 1.67 bits per heavy atom. The molecule has 0 saturated carbocycles. The number of rotatable bonds is 25. The van der Waals surface area contributed by atoms with Crippen molar-refractivity contribution < 1.29 is 33.1 Å². The zero-order chi connectivity index (χ0) is 30.9. The van der Waals surface area contributed by atoms with Gasteiger partial charge in [0.25, 0.3) is 0 Å². The lowest BCUT2D eigenvalue weighted by molar-refractivity contribution is -0.862. The summed E-state index contributed by atoms with van der Waals surface area (Å²) >= 11 is 0. The molecule has 3 amide bonds. The summed E-state index contributed by atoms with van der Waals surface area (Å²) in [6.07, 6.45) is 21.4. The summed E-state index contributed by atoms with van der Waals surface area (Å²) in [7, 11) is 1.49. The van der Waals surface area contributed by atoms with E-state index in [9.17, 15) is 14.4 Å². The van der Waals surface area contributed by atoms with Gasteiger partial charge in [-0.25, -0.2) is 14.4 Å². The van der Waals surface area contributed by atoms with E-state index < -0.39 is 18.3 Å². The maximum atomic E-state index is 12.2. The molecule has 0 bridgehead atoms. The first-order valence-corrected chi connectivity index (χ1v) is 17.1. The van der Waals surface area contributed by atoms with Gasteiger partial charge >= 0.3 is 18.1 Å².